The van der Waals surface area contributed by atoms with Crippen LogP contribution in [0.25, 0.3) is 0 Å². The van der Waals surface area contributed by atoms with Crippen LogP contribution >= 0.6 is 0 Å². The molecule has 0 aliphatic heterocycles. The van der Waals surface area contributed by atoms with Gasteiger partial charge in [-0.2, -0.15) is 0 Å². The second-order valence-electron chi connectivity index (χ2n) is 3.34. The molecule has 0 bridgehead atoms. The Bertz CT molecular complexity index is 72.6. The van der Waals surface area contributed by atoms with Crippen LogP contribution in [0, 0.1) is 11.3 Å². The van der Waals surface area contributed by atoms with Crippen LogP contribution in [-0.4, -0.2) is 6.54 Å². The molecule has 1 unspecified atom stereocenters. The SMILES string of the molecule is CCC(C)(C[NH])C(C)C. The van der Waals surface area contributed by atoms with Crippen LogP contribution in [0.1, 0.15) is 34.1 Å². The molecule has 1 atom stereocenters. The predicted octanol–water partition coefficient (Wildman–Crippen LogP) is 2.34. The molecule has 1 nitrogen and oxygen atoms in total. The van der Waals surface area contributed by atoms with Crippen molar-refractivity contribution >= 4 is 0 Å². The quantitative estimate of drug-likeness (QED) is 0.557. The smallest absolute Gasteiger partial charge is 0.0156 e. The van der Waals surface area contributed by atoms with Gasteiger partial charge in [-0.05, 0) is 17.8 Å². The van der Waals surface area contributed by atoms with Crippen molar-refractivity contribution in [3.05, 3.63) is 0 Å². The van der Waals surface area contributed by atoms with Crippen molar-refractivity contribution in [1.82, 2.24) is 5.73 Å². The molecule has 1 radical (unpaired) electrons. The Balaban J connectivity index is 3.92. The highest BCUT2D eigenvalue weighted by Crippen LogP contribution is 2.29. The molecule has 0 aliphatic carbocycles. The lowest BCUT2D eigenvalue weighted by Gasteiger charge is -2.30. The van der Waals surface area contributed by atoms with Crippen molar-refractivity contribution in [2.45, 2.75) is 34.1 Å². The minimum Gasteiger partial charge on any atom is -0.257 e. The van der Waals surface area contributed by atoms with Gasteiger partial charge in [-0.3, -0.25) is 5.73 Å². The lowest BCUT2D eigenvalue weighted by molar-refractivity contribution is 0.217. The molecule has 0 aromatic heterocycles. The van der Waals surface area contributed by atoms with Crippen molar-refractivity contribution in [3.63, 3.8) is 0 Å². The highest BCUT2D eigenvalue weighted by atomic mass is 14.6. The third-order valence-electron chi connectivity index (χ3n) is 2.61. The summed E-state index contributed by atoms with van der Waals surface area (Å²) in [6.45, 7) is 9.29. The molecule has 0 rings (SSSR count). The summed E-state index contributed by atoms with van der Waals surface area (Å²) in [6.07, 6.45) is 1.12. The van der Waals surface area contributed by atoms with Crippen LogP contribution in [0.15, 0.2) is 0 Å². The summed E-state index contributed by atoms with van der Waals surface area (Å²) >= 11 is 0. The van der Waals surface area contributed by atoms with Gasteiger partial charge in [-0.1, -0.05) is 27.7 Å². The fourth-order valence-electron chi connectivity index (χ4n) is 0.737. The topological polar surface area (TPSA) is 23.8 Å². The van der Waals surface area contributed by atoms with Gasteiger partial charge in [-0.25, -0.2) is 0 Å². The average molecular weight is 128 g/mol. The number of rotatable bonds is 3. The molecule has 0 saturated carbocycles. The van der Waals surface area contributed by atoms with Gasteiger partial charge in [0.25, 0.3) is 0 Å². The third-order valence-corrected chi connectivity index (χ3v) is 2.61. The fourth-order valence-corrected chi connectivity index (χ4v) is 0.737. The van der Waals surface area contributed by atoms with Crippen molar-refractivity contribution < 1.29 is 0 Å². The molecule has 9 heavy (non-hydrogen) atoms. The maximum atomic E-state index is 7.29. The minimum absolute atomic E-state index is 0.250. The fraction of sp³-hybridized carbons (Fsp3) is 1.00. The van der Waals surface area contributed by atoms with E-state index in [0.29, 0.717) is 12.5 Å². The first-order valence-electron chi connectivity index (χ1n) is 3.71. The Kier molecular flexibility index (Phi) is 3.20. The largest absolute Gasteiger partial charge is 0.257 e. The Morgan fingerprint density at radius 3 is 1.89 bits per heavy atom. The molecule has 0 spiro atoms. The molecule has 55 valence electrons. The summed E-state index contributed by atoms with van der Waals surface area (Å²) in [6, 6.07) is 0. The third kappa shape index (κ3) is 1.98. The molecular weight excluding hydrogens is 110 g/mol. The molecule has 0 aliphatic rings. The zero-order valence-corrected chi connectivity index (χ0v) is 6.99. The normalized spacial score (nSPS) is 18.0. The summed E-state index contributed by atoms with van der Waals surface area (Å²) in [5.74, 6) is 0.639. The van der Waals surface area contributed by atoms with E-state index >= 15 is 0 Å². The Labute approximate surface area is 58.6 Å². The molecule has 1 heteroatoms. The van der Waals surface area contributed by atoms with Crippen LogP contribution in [-0.2, 0) is 0 Å². The van der Waals surface area contributed by atoms with E-state index in [1.165, 1.54) is 0 Å². The van der Waals surface area contributed by atoms with Gasteiger partial charge in [0, 0.05) is 6.54 Å². The summed E-state index contributed by atoms with van der Waals surface area (Å²) < 4.78 is 0. The molecule has 0 amide bonds. The van der Waals surface area contributed by atoms with Crippen LogP contribution in [0.3, 0.4) is 0 Å². The molecule has 0 aromatic carbocycles. The standard InChI is InChI=1S/C8H18N/c1-5-8(4,6-9)7(2)3/h7,9H,5-6H2,1-4H3. The van der Waals surface area contributed by atoms with Gasteiger partial charge in [0.05, 0.1) is 0 Å². The van der Waals surface area contributed by atoms with Crippen molar-refractivity contribution in [1.29, 1.82) is 0 Å². The van der Waals surface area contributed by atoms with E-state index < -0.39 is 0 Å². The van der Waals surface area contributed by atoms with E-state index in [2.05, 4.69) is 27.7 Å². The summed E-state index contributed by atoms with van der Waals surface area (Å²) in [5.41, 5.74) is 7.54. The summed E-state index contributed by atoms with van der Waals surface area (Å²) in [7, 11) is 0. The van der Waals surface area contributed by atoms with E-state index in [1.54, 1.807) is 0 Å². The van der Waals surface area contributed by atoms with Crippen molar-refractivity contribution in [3.8, 4) is 0 Å². The Hall–Kier alpha value is -0.0400. The highest BCUT2D eigenvalue weighted by Gasteiger charge is 2.23. The van der Waals surface area contributed by atoms with Gasteiger partial charge >= 0.3 is 0 Å². The van der Waals surface area contributed by atoms with E-state index in [4.69, 9.17) is 5.73 Å². The van der Waals surface area contributed by atoms with Crippen LogP contribution in [0.4, 0.5) is 0 Å². The van der Waals surface area contributed by atoms with Crippen molar-refractivity contribution in [2.24, 2.45) is 11.3 Å². The first-order valence-corrected chi connectivity index (χ1v) is 3.71. The average Bonchev–Trinajstić information content (AvgIpc) is 1.86. The van der Waals surface area contributed by atoms with Crippen LogP contribution < -0.4 is 5.73 Å². The number of hydrogen-bond donors (Lipinski definition) is 0. The summed E-state index contributed by atoms with van der Waals surface area (Å²) in [4.78, 5) is 0. The molecular formula is C8H18N. The van der Waals surface area contributed by atoms with Gasteiger partial charge in [0.2, 0.25) is 0 Å². The van der Waals surface area contributed by atoms with E-state index in [9.17, 15) is 0 Å². The Morgan fingerprint density at radius 2 is 1.89 bits per heavy atom. The molecule has 0 aromatic rings. The zero-order valence-electron chi connectivity index (χ0n) is 6.99. The van der Waals surface area contributed by atoms with Gasteiger partial charge in [-0.15, -0.1) is 0 Å². The number of nitrogens with one attached hydrogen (secondary N) is 1. The maximum Gasteiger partial charge on any atom is 0.0156 e. The minimum atomic E-state index is 0.250. The van der Waals surface area contributed by atoms with Gasteiger partial charge < -0.3 is 0 Å². The van der Waals surface area contributed by atoms with E-state index in [-0.39, 0.29) is 5.41 Å². The molecule has 0 fully saturated rings. The second kappa shape index (κ2) is 3.21. The zero-order chi connectivity index (χ0) is 7.49. The van der Waals surface area contributed by atoms with E-state index in [0.717, 1.165) is 6.42 Å². The molecule has 0 saturated heterocycles. The second-order valence-corrected chi connectivity index (χ2v) is 3.34. The highest BCUT2D eigenvalue weighted by molar-refractivity contribution is 4.76. The molecule has 1 N–H and O–H groups in total. The van der Waals surface area contributed by atoms with Crippen LogP contribution in [0.2, 0.25) is 0 Å². The first-order chi connectivity index (χ1) is 4.06. The number of hydrogen-bond acceptors (Lipinski definition) is 0. The monoisotopic (exact) mass is 128 g/mol. The summed E-state index contributed by atoms with van der Waals surface area (Å²) in [5, 5.41) is 0. The van der Waals surface area contributed by atoms with Gasteiger partial charge in [0.15, 0.2) is 0 Å². The molecule has 0 heterocycles. The first kappa shape index (κ1) is 8.96. The van der Waals surface area contributed by atoms with Crippen LogP contribution in [0.5, 0.6) is 0 Å². The maximum absolute atomic E-state index is 7.29. The van der Waals surface area contributed by atoms with Gasteiger partial charge in [0.1, 0.15) is 0 Å². The lowest BCUT2D eigenvalue weighted by Crippen LogP contribution is -2.27. The van der Waals surface area contributed by atoms with Crippen molar-refractivity contribution in [2.75, 3.05) is 6.54 Å². The Morgan fingerprint density at radius 1 is 1.44 bits per heavy atom. The predicted molar refractivity (Wildman–Crippen MR) is 41.2 cm³/mol. The van der Waals surface area contributed by atoms with E-state index in [1.807, 2.05) is 0 Å². The lowest BCUT2D eigenvalue weighted by atomic mass is 9.77.